The third kappa shape index (κ3) is 4.09. The summed E-state index contributed by atoms with van der Waals surface area (Å²) in [4.78, 5) is 10.9. The lowest BCUT2D eigenvalue weighted by molar-refractivity contribution is -0.139. The summed E-state index contributed by atoms with van der Waals surface area (Å²) in [7, 11) is -1.62. The number of ether oxygens (including phenoxy) is 1. The monoisotopic (exact) mass is 249 g/mol. The van der Waals surface area contributed by atoms with Crippen LogP contribution in [0.2, 0.25) is 0 Å². The summed E-state index contributed by atoms with van der Waals surface area (Å²) in [6.07, 6.45) is 4.41. The molecular formula is C10H19NO4S. The zero-order valence-corrected chi connectivity index (χ0v) is 10.5. The molecule has 1 aliphatic carbocycles. The minimum atomic E-state index is -2.96. The second kappa shape index (κ2) is 5.63. The van der Waals surface area contributed by atoms with Gasteiger partial charge in [0.05, 0.1) is 18.9 Å². The maximum absolute atomic E-state index is 11.4. The van der Waals surface area contributed by atoms with Gasteiger partial charge in [-0.3, -0.25) is 4.79 Å². The number of nitrogens with one attached hydrogen (secondary N) is 1. The third-order valence-corrected chi connectivity index (χ3v) is 4.63. The van der Waals surface area contributed by atoms with E-state index in [-0.39, 0.29) is 23.8 Å². The van der Waals surface area contributed by atoms with E-state index in [2.05, 4.69) is 10.1 Å². The SMILES string of the molecule is COC(=O)CNC1CCCC(S(C)(=O)=O)C1. The molecule has 1 fully saturated rings. The molecule has 0 aliphatic heterocycles. The number of hydrogen-bond donors (Lipinski definition) is 1. The Morgan fingerprint density at radius 2 is 2.12 bits per heavy atom. The fourth-order valence-electron chi connectivity index (χ4n) is 2.02. The Kier molecular flexibility index (Phi) is 4.73. The Morgan fingerprint density at radius 3 is 2.69 bits per heavy atom. The van der Waals surface area contributed by atoms with Crippen LogP contribution < -0.4 is 5.32 Å². The van der Waals surface area contributed by atoms with Gasteiger partial charge in [-0.2, -0.15) is 0 Å². The highest BCUT2D eigenvalue weighted by Crippen LogP contribution is 2.23. The molecule has 6 heteroatoms. The van der Waals surface area contributed by atoms with Crippen molar-refractivity contribution in [1.29, 1.82) is 0 Å². The van der Waals surface area contributed by atoms with Crippen LogP contribution in [-0.4, -0.2) is 45.6 Å². The van der Waals surface area contributed by atoms with Gasteiger partial charge >= 0.3 is 5.97 Å². The molecule has 0 aromatic rings. The van der Waals surface area contributed by atoms with Crippen LogP contribution in [0.15, 0.2) is 0 Å². The molecule has 0 amide bonds. The van der Waals surface area contributed by atoms with Crippen LogP contribution >= 0.6 is 0 Å². The van der Waals surface area contributed by atoms with Crippen LogP contribution in [-0.2, 0) is 19.4 Å². The molecule has 0 spiro atoms. The fourth-order valence-corrected chi connectivity index (χ4v) is 3.20. The van der Waals surface area contributed by atoms with Gasteiger partial charge < -0.3 is 10.1 Å². The number of hydrogen-bond acceptors (Lipinski definition) is 5. The van der Waals surface area contributed by atoms with Gasteiger partial charge in [-0.05, 0) is 19.3 Å². The largest absolute Gasteiger partial charge is 0.468 e. The molecule has 0 bridgehead atoms. The van der Waals surface area contributed by atoms with Crippen LogP contribution in [0, 0.1) is 0 Å². The van der Waals surface area contributed by atoms with Crippen molar-refractivity contribution in [2.24, 2.45) is 0 Å². The number of rotatable bonds is 4. The van der Waals surface area contributed by atoms with Crippen LogP contribution in [0.25, 0.3) is 0 Å². The Bertz CT molecular complexity index is 339. The first-order valence-corrected chi connectivity index (χ1v) is 7.38. The minimum Gasteiger partial charge on any atom is -0.468 e. The van der Waals surface area contributed by atoms with Crippen molar-refractivity contribution in [1.82, 2.24) is 5.32 Å². The maximum Gasteiger partial charge on any atom is 0.319 e. The van der Waals surface area contributed by atoms with Crippen molar-refractivity contribution >= 4 is 15.8 Å². The zero-order valence-electron chi connectivity index (χ0n) is 9.73. The smallest absolute Gasteiger partial charge is 0.319 e. The van der Waals surface area contributed by atoms with Gasteiger partial charge in [-0.15, -0.1) is 0 Å². The van der Waals surface area contributed by atoms with Crippen molar-refractivity contribution in [2.45, 2.75) is 37.0 Å². The highest BCUT2D eigenvalue weighted by molar-refractivity contribution is 7.91. The minimum absolute atomic E-state index is 0.104. The van der Waals surface area contributed by atoms with E-state index < -0.39 is 9.84 Å². The van der Waals surface area contributed by atoms with E-state index in [9.17, 15) is 13.2 Å². The Morgan fingerprint density at radius 1 is 1.44 bits per heavy atom. The number of carbonyl (C=O) groups excluding carboxylic acids is 1. The fraction of sp³-hybridized carbons (Fsp3) is 0.900. The van der Waals surface area contributed by atoms with Crippen molar-refractivity contribution < 1.29 is 17.9 Å². The van der Waals surface area contributed by atoms with Crippen LogP contribution in [0.5, 0.6) is 0 Å². The standard InChI is InChI=1S/C10H19NO4S/c1-15-10(12)7-11-8-4-3-5-9(6-8)16(2,13)14/h8-9,11H,3-7H2,1-2H3. The number of methoxy groups -OCH3 is 1. The summed E-state index contributed by atoms with van der Waals surface area (Å²) < 4.78 is 27.3. The van der Waals surface area contributed by atoms with Gasteiger partial charge in [0.15, 0.2) is 0 Å². The van der Waals surface area contributed by atoms with Crippen LogP contribution in [0.4, 0.5) is 0 Å². The molecule has 0 radical (unpaired) electrons. The van der Waals surface area contributed by atoms with Gasteiger partial charge in [0.2, 0.25) is 0 Å². The predicted molar refractivity (Wildman–Crippen MR) is 60.9 cm³/mol. The molecular weight excluding hydrogens is 230 g/mol. The van der Waals surface area contributed by atoms with Crippen molar-refractivity contribution in [3.8, 4) is 0 Å². The average molecular weight is 249 g/mol. The van der Waals surface area contributed by atoms with Gasteiger partial charge in [-0.25, -0.2) is 8.42 Å². The van der Waals surface area contributed by atoms with Gasteiger partial charge in [0, 0.05) is 12.3 Å². The first kappa shape index (κ1) is 13.4. The average Bonchev–Trinajstić information content (AvgIpc) is 2.25. The molecule has 5 nitrogen and oxygen atoms in total. The van der Waals surface area contributed by atoms with Crippen molar-refractivity contribution in [3.05, 3.63) is 0 Å². The molecule has 0 aromatic heterocycles. The first-order valence-electron chi connectivity index (χ1n) is 5.42. The molecule has 2 atom stereocenters. The second-order valence-electron chi connectivity index (χ2n) is 4.27. The zero-order chi connectivity index (χ0) is 12.2. The van der Waals surface area contributed by atoms with Crippen molar-refractivity contribution in [3.63, 3.8) is 0 Å². The Hall–Kier alpha value is -0.620. The Balaban J connectivity index is 2.42. The quantitative estimate of drug-likeness (QED) is 0.716. The van der Waals surface area contributed by atoms with Crippen molar-refractivity contribution in [2.75, 3.05) is 19.9 Å². The van der Waals surface area contributed by atoms with E-state index in [1.165, 1.54) is 13.4 Å². The van der Waals surface area contributed by atoms with Gasteiger partial charge in [0.1, 0.15) is 9.84 Å². The van der Waals surface area contributed by atoms with Gasteiger partial charge in [0.25, 0.3) is 0 Å². The second-order valence-corrected chi connectivity index (χ2v) is 6.60. The molecule has 0 aromatic carbocycles. The molecule has 1 N–H and O–H groups in total. The Labute approximate surface area is 96.5 Å². The normalized spacial score (nSPS) is 26.4. The molecule has 0 saturated heterocycles. The number of esters is 1. The van der Waals surface area contributed by atoms with Crippen LogP contribution in [0.1, 0.15) is 25.7 Å². The molecule has 1 saturated carbocycles. The molecule has 16 heavy (non-hydrogen) atoms. The van der Waals surface area contributed by atoms with E-state index in [4.69, 9.17) is 0 Å². The maximum atomic E-state index is 11.4. The van der Waals surface area contributed by atoms with E-state index in [0.717, 1.165) is 19.3 Å². The van der Waals surface area contributed by atoms with E-state index >= 15 is 0 Å². The number of sulfone groups is 1. The van der Waals surface area contributed by atoms with E-state index in [0.29, 0.717) is 6.42 Å². The lowest BCUT2D eigenvalue weighted by Crippen LogP contribution is -2.41. The molecule has 0 heterocycles. The van der Waals surface area contributed by atoms with Crippen LogP contribution in [0.3, 0.4) is 0 Å². The summed E-state index contributed by atoms with van der Waals surface area (Å²) >= 11 is 0. The van der Waals surface area contributed by atoms with E-state index in [1.807, 2.05) is 0 Å². The topological polar surface area (TPSA) is 72.5 Å². The lowest BCUT2D eigenvalue weighted by Gasteiger charge is -2.28. The lowest BCUT2D eigenvalue weighted by atomic mass is 9.95. The highest BCUT2D eigenvalue weighted by Gasteiger charge is 2.28. The summed E-state index contributed by atoms with van der Waals surface area (Å²) in [5.41, 5.74) is 0. The summed E-state index contributed by atoms with van der Waals surface area (Å²) in [5, 5.41) is 2.77. The molecule has 1 aliphatic rings. The molecule has 1 rings (SSSR count). The predicted octanol–water partition coefficient (Wildman–Crippen LogP) is 0.105. The number of carbonyl (C=O) groups is 1. The third-order valence-electron chi connectivity index (χ3n) is 2.99. The first-order chi connectivity index (χ1) is 7.43. The highest BCUT2D eigenvalue weighted by atomic mass is 32.2. The molecule has 94 valence electrons. The molecule has 2 unspecified atom stereocenters. The van der Waals surface area contributed by atoms with E-state index in [1.54, 1.807) is 0 Å². The summed E-state index contributed by atoms with van der Waals surface area (Å²) in [6, 6.07) is 0.104. The summed E-state index contributed by atoms with van der Waals surface area (Å²) in [5.74, 6) is -0.318. The summed E-state index contributed by atoms with van der Waals surface area (Å²) in [6.45, 7) is 0.150. The van der Waals surface area contributed by atoms with Gasteiger partial charge in [-0.1, -0.05) is 6.42 Å².